The first kappa shape index (κ1) is 12.4. The van der Waals surface area contributed by atoms with Gasteiger partial charge in [0.25, 0.3) is 0 Å². The number of nitriles is 1. The average molecular weight is 257 g/mol. The van der Waals surface area contributed by atoms with E-state index in [4.69, 9.17) is 5.26 Å². The first-order valence-corrected chi connectivity index (χ1v) is 6.70. The molecular formula is C19H15N. The minimum atomic E-state index is 0.712. The van der Waals surface area contributed by atoms with Crippen molar-refractivity contribution in [2.45, 2.75) is 13.8 Å². The van der Waals surface area contributed by atoms with Gasteiger partial charge in [-0.2, -0.15) is 5.26 Å². The summed E-state index contributed by atoms with van der Waals surface area (Å²) in [5.74, 6) is 0. The standard InChI is InChI=1S/C19H15N/c1-13-7-9-16-5-3-4-6-18(16)19(13)17-10-8-15(12-20)11-14(17)2/h3-11H,1-2H3. The predicted molar refractivity (Wildman–Crippen MR) is 83.6 cm³/mol. The SMILES string of the molecule is Cc1cc(C#N)ccc1-c1c(C)ccc2ccccc12. The summed E-state index contributed by atoms with van der Waals surface area (Å²) in [5.41, 5.74) is 5.59. The van der Waals surface area contributed by atoms with Gasteiger partial charge in [-0.25, -0.2) is 0 Å². The predicted octanol–water partition coefficient (Wildman–Crippen LogP) is 5.00. The van der Waals surface area contributed by atoms with Crippen LogP contribution in [0, 0.1) is 25.2 Å². The highest BCUT2D eigenvalue weighted by Gasteiger charge is 2.09. The monoisotopic (exact) mass is 257 g/mol. The van der Waals surface area contributed by atoms with Crippen molar-refractivity contribution in [3.8, 4) is 17.2 Å². The van der Waals surface area contributed by atoms with Crippen molar-refractivity contribution in [1.82, 2.24) is 0 Å². The highest BCUT2D eigenvalue weighted by atomic mass is 14.2. The zero-order valence-electron chi connectivity index (χ0n) is 11.6. The quantitative estimate of drug-likeness (QED) is 0.602. The highest BCUT2D eigenvalue weighted by molar-refractivity contribution is 5.99. The van der Waals surface area contributed by atoms with E-state index in [1.54, 1.807) is 0 Å². The first-order valence-electron chi connectivity index (χ1n) is 6.70. The molecule has 0 atom stereocenters. The molecule has 0 aromatic heterocycles. The largest absolute Gasteiger partial charge is 0.192 e. The van der Waals surface area contributed by atoms with E-state index in [2.05, 4.69) is 62.4 Å². The van der Waals surface area contributed by atoms with E-state index in [1.807, 2.05) is 12.1 Å². The van der Waals surface area contributed by atoms with Crippen LogP contribution < -0.4 is 0 Å². The second kappa shape index (κ2) is 4.83. The van der Waals surface area contributed by atoms with E-state index in [9.17, 15) is 0 Å². The Labute approximate surface area is 119 Å². The van der Waals surface area contributed by atoms with Gasteiger partial charge in [-0.1, -0.05) is 42.5 Å². The Morgan fingerprint density at radius 3 is 2.40 bits per heavy atom. The molecule has 0 unspecified atom stereocenters. The third-order valence-corrected chi connectivity index (χ3v) is 3.76. The third kappa shape index (κ3) is 1.96. The van der Waals surface area contributed by atoms with E-state index in [0.717, 1.165) is 5.56 Å². The van der Waals surface area contributed by atoms with Gasteiger partial charge in [-0.15, -0.1) is 0 Å². The molecule has 0 heterocycles. The number of nitrogens with zero attached hydrogens (tertiary/aromatic N) is 1. The van der Waals surface area contributed by atoms with Crippen molar-refractivity contribution in [2.24, 2.45) is 0 Å². The molecule has 0 bridgehead atoms. The van der Waals surface area contributed by atoms with Gasteiger partial charge in [0, 0.05) is 0 Å². The number of fused-ring (bicyclic) bond motifs is 1. The molecule has 0 amide bonds. The fraction of sp³-hybridized carbons (Fsp3) is 0.105. The van der Waals surface area contributed by atoms with Gasteiger partial charge in [0.2, 0.25) is 0 Å². The van der Waals surface area contributed by atoms with Crippen LogP contribution >= 0.6 is 0 Å². The first-order chi connectivity index (χ1) is 9.70. The van der Waals surface area contributed by atoms with Gasteiger partial charge in [-0.05, 0) is 59.0 Å². The van der Waals surface area contributed by atoms with E-state index in [1.165, 1.54) is 27.5 Å². The lowest BCUT2D eigenvalue weighted by Gasteiger charge is -2.13. The van der Waals surface area contributed by atoms with Crippen LogP contribution in [0.2, 0.25) is 0 Å². The molecule has 0 aliphatic rings. The molecule has 3 aromatic rings. The Morgan fingerprint density at radius 2 is 1.65 bits per heavy atom. The van der Waals surface area contributed by atoms with Gasteiger partial charge < -0.3 is 0 Å². The Hall–Kier alpha value is -2.59. The second-order valence-corrected chi connectivity index (χ2v) is 5.12. The van der Waals surface area contributed by atoms with Gasteiger partial charge >= 0.3 is 0 Å². The van der Waals surface area contributed by atoms with Crippen LogP contribution in [0.4, 0.5) is 0 Å². The molecule has 96 valence electrons. The smallest absolute Gasteiger partial charge is 0.0991 e. The van der Waals surface area contributed by atoms with Crippen molar-refractivity contribution in [3.05, 3.63) is 71.3 Å². The number of benzene rings is 3. The minimum Gasteiger partial charge on any atom is -0.192 e. The maximum absolute atomic E-state index is 9.00. The zero-order chi connectivity index (χ0) is 14.1. The van der Waals surface area contributed by atoms with Crippen molar-refractivity contribution >= 4 is 10.8 Å². The van der Waals surface area contributed by atoms with Crippen LogP contribution in [0.25, 0.3) is 21.9 Å². The summed E-state index contributed by atoms with van der Waals surface area (Å²) in [6.45, 7) is 4.21. The highest BCUT2D eigenvalue weighted by Crippen LogP contribution is 2.34. The second-order valence-electron chi connectivity index (χ2n) is 5.12. The molecule has 0 radical (unpaired) electrons. The molecule has 0 saturated carbocycles. The summed E-state index contributed by atoms with van der Waals surface area (Å²) in [6.07, 6.45) is 0. The van der Waals surface area contributed by atoms with Gasteiger partial charge in [0.1, 0.15) is 0 Å². The Morgan fingerprint density at radius 1 is 0.850 bits per heavy atom. The van der Waals surface area contributed by atoms with Crippen LogP contribution in [-0.2, 0) is 0 Å². The Balaban J connectivity index is 2.35. The summed E-state index contributed by atoms with van der Waals surface area (Å²) in [5, 5.41) is 11.5. The van der Waals surface area contributed by atoms with Crippen LogP contribution in [-0.4, -0.2) is 0 Å². The fourth-order valence-electron chi connectivity index (χ4n) is 2.75. The van der Waals surface area contributed by atoms with Gasteiger partial charge in [-0.3, -0.25) is 0 Å². The number of aryl methyl sites for hydroxylation is 2. The molecule has 3 rings (SSSR count). The lowest BCUT2D eigenvalue weighted by Crippen LogP contribution is -1.90. The third-order valence-electron chi connectivity index (χ3n) is 3.76. The number of hydrogen-bond acceptors (Lipinski definition) is 1. The molecule has 1 heteroatoms. The average Bonchev–Trinajstić information content (AvgIpc) is 2.48. The van der Waals surface area contributed by atoms with Crippen LogP contribution in [0.5, 0.6) is 0 Å². The molecule has 0 fully saturated rings. The zero-order valence-corrected chi connectivity index (χ0v) is 11.6. The summed E-state index contributed by atoms with van der Waals surface area (Å²) in [6, 6.07) is 20.9. The van der Waals surface area contributed by atoms with E-state index < -0.39 is 0 Å². The molecule has 3 aromatic carbocycles. The van der Waals surface area contributed by atoms with Crippen molar-refractivity contribution in [3.63, 3.8) is 0 Å². The van der Waals surface area contributed by atoms with E-state index >= 15 is 0 Å². The van der Waals surface area contributed by atoms with Crippen molar-refractivity contribution < 1.29 is 0 Å². The van der Waals surface area contributed by atoms with Crippen LogP contribution in [0.1, 0.15) is 16.7 Å². The van der Waals surface area contributed by atoms with E-state index in [-0.39, 0.29) is 0 Å². The topological polar surface area (TPSA) is 23.8 Å². The lowest BCUT2D eigenvalue weighted by atomic mass is 9.91. The molecule has 0 aliphatic heterocycles. The Kier molecular flexibility index (Phi) is 3.00. The summed E-state index contributed by atoms with van der Waals surface area (Å²) in [4.78, 5) is 0. The molecule has 0 N–H and O–H groups in total. The van der Waals surface area contributed by atoms with Crippen LogP contribution in [0.15, 0.2) is 54.6 Å². The van der Waals surface area contributed by atoms with Crippen molar-refractivity contribution in [2.75, 3.05) is 0 Å². The van der Waals surface area contributed by atoms with E-state index in [0.29, 0.717) is 5.56 Å². The Bertz CT molecular complexity index is 838. The molecule has 20 heavy (non-hydrogen) atoms. The van der Waals surface area contributed by atoms with Gasteiger partial charge in [0.15, 0.2) is 0 Å². The maximum Gasteiger partial charge on any atom is 0.0991 e. The van der Waals surface area contributed by atoms with Gasteiger partial charge in [0.05, 0.1) is 11.6 Å². The molecule has 1 nitrogen and oxygen atoms in total. The summed E-state index contributed by atoms with van der Waals surface area (Å²) < 4.78 is 0. The molecule has 0 saturated heterocycles. The summed E-state index contributed by atoms with van der Waals surface area (Å²) in [7, 11) is 0. The summed E-state index contributed by atoms with van der Waals surface area (Å²) >= 11 is 0. The molecule has 0 spiro atoms. The maximum atomic E-state index is 9.00. The number of rotatable bonds is 1. The minimum absolute atomic E-state index is 0.712. The lowest BCUT2D eigenvalue weighted by molar-refractivity contribution is 1.40. The van der Waals surface area contributed by atoms with Crippen molar-refractivity contribution in [1.29, 1.82) is 5.26 Å². The normalized spacial score (nSPS) is 10.4. The molecule has 0 aliphatic carbocycles. The van der Waals surface area contributed by atoms with Crippen LogP contribution in [0.3, 0.4) is 0 Å². The fourth-order valence-corrected chi connectivity index (χ4v) is 2.75. The number of hydrogen-bond donors (Lipinski definition) is 0. The molecular weight excluding hydrogens is 242 g/mol.